The number of aromatic carboxylic acids is 1. The Labute approximate surface area is 162 Å². The van der Waals surface area contributed by atoms with Gasteiger partial charge in [-0.05, 0) is 49.4 Å². The van der Waals surface area contributed by atoms with Crippen LogP contribution in [0.4, 0.5) is 4.39 Å². The van der Waals surface area contributed by atoms with Crippen LogP contribution in [-0.4, -0.2) is 22.2 Å². The fourth-order valence-electron chi connectivity index (χ4n) is 3.34. The van der Waals surface area contributed by atoms with Crippen LogP contribution in [0.3, 0.4) is 0 Å². The highest BCUT2D eigenvalue weighted by Crippen LogP contribution is 2.24. The molecule has 0 spiro atoms. The van der Waals surface area contributed by atoms with Crippen LogP contribution >= 0.6 is 11.3 Å². The monoisotopic (exact) mass is 386 g/mol. The van der Waals surface area contributed by atoms with Gasteiger partial charge >= 0.3 is 5.97 Å². The number of carboxylic acid groups (broad SMARTS) is 1. The van der Waals surface area contributed by atoms with Crippen LogP contribution in [0.2, 0.25) is 0 Å². The molecule has 6 heteroatoms. The Balaban J connectivity index is 1.77. The molecule has 2 aromatic heterocycles. The van der Waals surface area contributed by atoms with Crippen molar-refractivity contribution in [3.63, 3.8) is 0 Å². The van der Waals surface area contributed by atoms with Crippen LogP contribution in [0.15, 0.2) is 41.8 Å². The molecule has 0 unspecified atom stereocenters. The number of carboxylic acids is 1. The number of carbonyl (C=O) groups is 1. The van der Waals surface area contributed by atoms with Crippen LogP contribution in [-0.2, 0) is 19.5 Å². The zero-order chi connectivity index (χ0) is 19.4. The number of halogens is 1. The third kappa shape index (κ3) is 4.46. The number of aromatic nitrogens is 1. The van der Waals surface area contributed by atoms with Gasteiger partial charge in [0.1, 0.15) is 5.82 Å². The first kappa shape index (κ1) is 19.3. The van der Waals surface area contributed by atoms with Gasteiger partial charge in [-0.1, -0.05) is 18.2 Å². The predicted molar refractivity (Wildman–Crippen MR) is 106 cm³/mol. The second kappa shape index (κ2) is 8.50. The van der Waals surface area contributed by atoms with Crippen molar-refractivity contribution in [2.24, 2.45) is 0 Å². The van der Waals surface area contributed by atoms with E-state index in [1.165, 1.54) is 17.0 Å². The van der Waals surface area contributed by atoms with E-state index in [-0.39, 0.29) is 5.82 Å². The highest BCUT2D eigenvalue weighted by Gasteiger charge is 2.22. The van der Waals surface area contributed by atoms with Gasteiger partial charge in [-0.25, -0.2) is 9.18 Å². The molecule has 2 N–H and O–H groups in total. The van der Waals surface area contributed by atoms with Crippen molar-refractivity contribution in [3.05, 3.63) is 80.6 Å². The van der Waals surface area contributed by atoms with Gasteiger partial charge in [0.15, 0.2) is 0 Å². The van der Waals surface area contributed by atoms with Gasteiger partial charge in [0.2, 0.25) is 0 Å². The molecule has 3 aromatic rings. The molecule has 0 saturated heterocycles. The van der Waals surface area contributed by atoms with Crippen molar-refractivity contribution in [2.75, 3.05) is 6.54 Å². The molecule has 0 aliphatic rings. The zero-order valence-electron chi connectivity index (χ0n) is 15.5. The molecule has 0 saturated carbocycles. The molecule has 0 radical (unpaired) electrons. The van der Waals surface area contributed by atoms with E-state index in [4.69, 9.17) is 0 Å². The van der Waals surface area contributed by atoms with Gasteiger partial charge in [-0.15, -0.1) is 11.3 Å². The van der Waals surface area contributed by atoms with Gasteiger partial charge in [-0.2, -0.15) is 0 Å². The van der Waals surface area contributed by atoms with Gasteiger partial charge in [0, 0.05) is 41.5 Å². The third-order valence-electron chi connectivity index (χ3n) is 4.81. The van der Waals surface area contributed by atoms with Crippen LogP contribution in [0.1, 0.15) is 37.7 Å². The van der Waals surface area contributed by atoms with E-state index in [1.54, 1.807) is 23.5 Å². The fraction of sp³-hybridized carbons (Fsp3) is 0.286. The van der Waals surface area contributed by atoms with E-state index in [2.05, 4.69) is 16.8 Å². The lowest BCUT2D eigenvalue weighted by Gasteiger charge is -2.10. The zero-order valence-corrected chi connectivity index (χ0v) is 16.3. The summed E-state index contributed by atoms with van der Waals surface area (Å²) in [5.74, 6) is -1.19. The Kier molecular flexibility index (Phi) is 6.08. The van der Waals surface area contributed by atoms with Crippen LogP contribution in [0.25, 0.3) is 0 Å². The third-order valence-corrected chi connectivity index (χ3v) is 5.74. The Hall–Kier alpha value is -2.44. The molecule has 0 bridgehead atoms. The maximum Gasteiger partial charge on any atom is 0.337 e. The number of nitrogens with zero attached hydrogens (tertiary/aromatic N) is 1. The topological polar surface area (TPSA) is 54.3 Å². The van der Waals surface area contributed by atoms with Crippen molar-refractivity contribution in [3.8, 4) is 0 Å². The summed E-state index contributed by atoms with van der Waals surface area (Å²) >= 11 is 1.72. The summed E-state index contributed by atoms with van der Waals surface area (Å²) in [4.78, 5) is 13.1. The molecule has 1 aromatic carbocycles. The molecule has 0 fully saturated rings. The van der Waals surface area contributed by atoms with Crippen LogP contribution in [0, 0.1) is 19.7 Å². The number of rotatable bonds is 8. The molecule has 4 nitrogen and oxygen atoms in total. The lowest BCUT2D eigenvalue weighted by atomic mass is 10.1. The number of hydrogen-bond acceptors (Lipinski definition) is 3. The summed E-state index contributed by atoms with van der Waals surface area (Å²) in [6.45, 7) is 5.60. The first-order valence-electron chi connectivity index (χ1n) is 8.86. The van der Waals surface area contributed by atoms with Crippen molar-refractivity contribution in [1.82, 2.24) is 9.88 Å². The number of hydrogen-bond donors (Lipinski definition) is 2. The predicted octanol–water partition coefficient (Wildman–Crippen LogP) is 4.38. The minimum atomic E-state index is -0.913. The largest absolute Gasteiger partial charge is 0.478 e. The summed E-state index contributed by atoms with van der Waals surface area (Å²) in [5, 5.41) is 15.1. The van der Waals surface area contributed by atoms with E-state index in [1.807, 2.05) is 24.5 Å². The average Bonchev–Trinajstić information content (AvgIpc) is 3.23. The maximum atomic E-state index is 13.1. The highest BCUT2D eigenvalue weighted by atomic mass is 32.1. The quantitative estimate of drug-likeness (QED) is 0.565. The molecular weight excluding hydrogens is 363 g/mol. The van der Waals surface area contributed by atoms with Crippen molar-refractivity contribution in [2.45, 2.75) is 33.4 Å². The van der Waals surface area contributed by atoms with Crippen molar-refractivity contribution < 1.29 is 14.3 Å². The van der Waals surface area contributed by atoms with Crippen LogP contribution in [0.5, 0.6) is 0 Å². The molecule has 3 rings (SSSR count). The van der Waals surface area contributed by atoms with E-state index in [9.17, 15) is 14.3 Å². The highest BCUT2D eigenvalue weighted by molar-refractivity contribution is 7.09. The van der Waals surface area contributed by atoms with Crippen LogP contribution < -0.4 is 5.32 Å². The molecule has 0 amide bonds. The average molecular weight is 386 g/mol. The number of thiophene rings is 1. The Morgan fingerprint density at radius 1 is 1.19 bits per heavy atom. The van der Waals surface area contributed by atoms with Crippen molar-refractivity contribution in [1.29, 1.82) is 0 Å². The van der Waals surface area contributed by atoms with E-state index in [0.717, 1.165) is 35.5 Å². The molecule has 27 heavy (non-hydrogen) atoms. The van der Waals surface area contributed by atoms with E-state index < -0.39 is 5.97 Å². The summed E-state index contributed by atoms with van der Waals surface area (Å²) in [6, 6.07) is 10.4. The maximum absolute atomic E-state index is 13.1. The SMILES string of the molecule is Cc1c(CNCCc2cccs2)c(C(=O)O)c(C)n1Cc1ccc(F)cc1. The molecule has 142 valence electrons. The Morgan fingerprint density at radius 3 is 2.56 bits per heavy atom. The van der Waals surface area contributed by atoms with E-state index >= 15 is 0 Å². The van der Waals surface area contributed by atoms with Gasteiger partial charge in [0.25, 0.3) is 0 Å². The number of benzene rings is 1. The first-order valence-corrected chi connectivity index (χ1v) is 9.74. The molecule has 0 aliphatic heterocycles. The summed E-state index contributed by atoms with van der Waals surface area (Å²) in [6.07, 6.45) is 0.925. The molecular formula is C21H23FN2O2S. The second-order valence-corrected chi connectivity index (χ2v) is 7.58. The molecule has 2 heterocycles. The lowest BCUT2D eigenvalue weighted by molar-refractivity contribution is 0.0694. The summed E-state index contributed by atoms with van der Waals surface area (Å²) in [7, 11) is 0. The second-order valence-electron chi connectivity index (χ2n) is 6.55. The standard InChI is InChI=1S/C21H23FN2O2S/c1-14-19(12-23-10-9-18-4-3-11-27-18)20(21(25)26)15(2)24(14)13-16-5-7-17(22)8-6-16/h3-8,11,23H,9-10,12-13H2,1-2H3,(H,25,26). The summed E-state index contributed by atoms with van der Waals surface area (Å²) < 4.78 is 15.1. The summed E-state index contributed by atoms with van der Waals surface area (Å²) in [5.41, 5.74) is 3.76. The normalized spacial score (nSPS) is 11.1. The smallest absolute Gasteiger partial charge is 0.337 e. The Morgan fingerprint density at radius 2 is 1.93 bits per heavy atom. The number of nitrogens with one attached hydrogen (secondary N) is 1. The Bertz CT molecular complexity index is 915. The molecule has 0 aliphatic carbocycles. The van der Waals surface area contributed by atoms with Gasteiger partial charge in [0.05, 0.1) is 5.56 Å². The van der Waals surface area contributed by atoms with Gasteiger partial charge < -0.3 is 15.0 Å². The lowest BCUT2D eigenvalue weighted by Crippen LogP contribution is -2.18. The van der Waals surface area contributed by atoms with E-state index in [0.29, 0.717) is 18.7 Å². The minimum absolute atomic E-state index is 0.276. The molecule has 0 atom stereocenters. The fourth-order valence-corrected chi connectivity index (χ4v) is 4.05. The minimum Gasteiger partial charge on any atom is -0.478 e. The van der Waals surface area contributed by atoms with Gasteiger partial charge in [-0.3, -0.25) is 0 Å². The first-order chi connectivity index (χ1) is 13.0. The van der Waals surface area contributed by atoms with Crippen molar-refractivity contribution >= 4 is 17.3 Å².